The van der Waals surface area contributed by atoms with Crippen LogP contribution in [0.15, 0.2) is 30.3 Å². The third-order valence-electron chi connectivity index (χ3n) is 4.97. The van der Waals surface area contributed by atoms with Crippen LogP contribution in [-0.2, 0) is 26.2 Å². The molecule has 1 saturated heterocycles. The predicted octanol–water partition coefficient (Wildman–Crippen LogP) is 0.685. The summed E-state index contributed by atoms with van der Waals surface area (Å²) in [4.78, 5) is 26.4. The zero-order valence-corrected chi connectivity index (χ0v) is 18.0. The number of ether oxygens (including phenoxy) is 1. The van der Waals surface area contributed by atoms with E-state index in [1.165, 1.54) is 15.7 Å². The van der Waals surface area contributed by atoms with Crippen molar-refractivity contribution in [3.05, 3.63) is 35.9 Å². The van der Waals surface area contributed by atoms with Gasteiger partial charge in [-0.2, -0.15) is 17.0 Å². The van der Waals surface area contributed by atoms with Crippen molar-refractivity contribution in [2.75, 3.05) is 46.4 Å². The van der Waals surface area contributed by atoms with Crippen molar-refractivity contribution in [2.45, 2.75) is 26.3 Å². The monoisotopic (exact) mass is 426 g/mol. The van der Waals surface area contributed by atoms with Crippen LogP contribution < -0.4 is 5.32 Å². The Kier molecular flexibility index (Phi) is 8.42. The molecule has 1 N–H and O–H groups in total. The van der Waals surface area contributed by atoms with E-state index in [1.807, 2.05) is 30.3 Å². The number of piperazine rings is 1. The molecule has 2 rings (SSSR count). The van der Waals surface area contributed by atoms with Crippen molar-refractivity contribution >= 4 is 22.2 Å². The van der Waals surface area contributed by atoms with E-state index in [2.05, 4.69) is 10.1 Å². The average molecular weight is 427 g/mol. The number of methoxy groups -OCH3 is 1. The van der Waals surface area contributed by atoms with Crippen LogP contribution in [0, 0.1) is 0 Å². The molecule has 1 aromatic rings. The van der Waals surface area contributed by atoms with Crippen molar-refractivity contribution < 1.29 is 22.7 Å². The second-order valence-corrected chi connectivity index (χ2v) is 8.62. The van der Waals surface area contributed by atoms with Gasteiger partial charge in [-0.3, -0.25) is 4.79 Å². The predicted molar refractivity (Wildman–Crippen MR) is 109 cm³/mol. The van der Waals surface area contributed by atoms with Gasteiger partial charge >= 0.3 is 6.09 Å². The van der Waals surface area contributed by atoms with E-state index in [9.17, 15) is 18.0 Å². The topological polar surface area (TPSA) is 99.3 Å². The Morgan fingerprint density at radius 2 is 1.69 bits per heavy atom. The molecule has 1 aromatic carbocycles. The number of amides is 2. The molecule has 1 aliphatic heterocycles. The van der Waals surface area contributed by atoms with Gasteiger partial charge in [-0.05, 0) is 5.56 Å². The molecule has 2 amide bonds. The summed E-state index contributed by atoms with van der Waals surface area (Å²) in [5, 5.41) is 2.60. The maximum Gasteiger partial charge on any atom is 0.407 e. The van der Waals surface area contributed by atoms with Crippen LogP contribution in [0.5, 0.6) is 0 Å². The fraction of sp³-hybridized carbons (Fsp3) is 0.579. The maximum atomic E-state index is 13.0. The van der Waals surface area contributed by atoms with Crippen LogP contribution in [0.4, 0.5) is 4.79 Å². The van der Waals surface area contributed by atoms with E-state index in [4.69, 9.17) is 0 Å². The summed E-state index contributed by atoms with van der Waals surface area (Å²) < 4.78 is 32.8. The molecule has 0 saturated carbocycles. The zero-order chi connectivity index (χ0) is 21.4. The number of nitrogens with one attached hydrogen (secondary N) is 1. The largest absolute Gasteiger partial charge is 0.453 e. The highest BCUT2D eigenvalue weighted by atomic mass is 32.2. The van der Waals surface area contributed by atoms with E-state index in [0.717, 1.165) is 5.56 Å². The summed E-state index contributed by atoms with van der Waals surface area (Å²) in [7, 11) is -2.28. The molecule has 0 aliphatic carbocycles. The summed E-state index contributed by atoms with van der Waals surface area (Å²) in [6.45, 7) is 5.39. The number of carbonyl (C=O) groups is 2. The molecule has 29 heavy (non-hydrogen) atoms. The van der Waals surface area contributed by atoms with Gasteiger partial charge in [0.15, 0.2) is 0 Å². The van der Waals surface area contributed by atoms with Gasteiger partial charge in [0.2, 0.25) is 5.91 Å². The Morgan fingerprint density at radius 3 is 2.21 bits per heavy atom. The highest BCUT2D eigenvalue weighted by molar-refractivity contribution is 7.86. The van der Waals surface area contributed by atoms with Gasteiger partial charge in [0.05, 0.1) is 7.11 Å². The van der Waals surface area contributed by atoms with Crippen LogP contribution >= 0.6 is 0 Å². The summed E-state index contributed by atoms with van der Waals surface area (Å²) in [5.74, 6) is -0.251. The van der Waals surface area contributed by atoms with Crippen LogP contribution in [0.3, 0.4) is 0 Å². The smallest absolute Gasteiger partial charge is 0.407 e. The maximum absolute atomic E-state index is 13.0. The van der Waals surface area contributed by atoms with Crippen molar-refractivity contribution in [3.8, 4) is 0 Å². The Bertz CT molecular complexity index is 775. The third kappa shape index (κ3) is 5.91. The molecule has 0 radical (unpaired) electrons. The minimum absolute atomic E-state index is 0.223. The molecule has 1 aliphatic rings. The fourth-order valence-corrected chi connectivity index (χ4v) is 4.93. The summed E-state index contributed by atoms with van der Waals surface area (Å²) in [6, 6.07) is 8.60. The second-order valence-electron chi connectivity index (χ2n) is 6.69. The Morgan fingerprint density at radius 1 is 1.10 bits per heavy atom. The van der Waals surface area contributed by atoms with Crippen LogP contribution in [0.1, 0.15) is 19.4 Å². The van der Waals surface area contributed by atoms with E-state index < -0.39 is 22.3 Å². The van der Waals surface area contributed by atoms with Crippen LogP contribution in [-0.4, -0.2) is 86.3 Å². The third-order valence-corrected chi connectivity index (χ3v) is 7.15. The lowest BCUT2D eigenvalue weighted by molar-refractivity contribution is -0.134. The fourth-order valence-electron chi connectivity index (χ4n) is 3.32. The Hall–Kier alpha value is -2.17. The SMILES string of the molecule is CCN(CC)S(=O)(=O)N1CCN(C(=O)C(Cc2ccccc2)NC(=O)OC)CC1. The molecule has 10 heteroatoms. The molecule has 9 nitrogen and oxygen atoms in total. The molecule has 1 fully saturated rings. The van der Waals surface area contributed by atoms with Crippen molar-refractivity contribution in [3.63, 3.8) is 0 Å². The standard InChI is InChI=1S/C19H30N4O5S/c1-4-22(5-2)29(26,27)23-13-11-21(12-14-23)18(24)17(20-19(25)28-3)15-16-9-7-6-8-10-16/h6-10,17H,4-5,11-15H2,1-3H3,(H,20,25). The van der Waals surface area contributed by atoms with E-state index in [0.29, 0.717) is 19.5 Å². The molecule has 1 unspecified atom stereocenters. The lowest BCUT2D eigenvalue weighted by atomic mass is 10.0. The van der Waals surface area contributed by atoms with Gasteiger partial charge in [-0.25, -0.2) is 4.79 Å². The van der Waals surface area contributed by atoms with Crippen molar-refractivity contribution in [1.82, 2.24) is 18.8 Å². The number of alkyl carbamates (subject to hydrolysis) is 1. The first-order valence-corrected chi connectivity index (χ1v) is 11.2. The summed E-state index contributed by atoms with van der Waals surface area (Å²) in [5.41, 5.74) is 0.907. The molecular weight excluding hydrogens is 396 g/mol. The number of rotatable bonds is 8. The van der Waals surface area contributed by atoms with Gasteiger partial charge in [0.25, 0.3) is 10.2 Å². The number of carbonyl (C=O) groups excluding carboxylic acids is 2. The molecular formula is C19H30N4O5S. The van der Waals surface area contributed by atoms with Crippen LogP contribution in [0.25, 0.3) is 0 Å². The number of nitrogens with zero attached hydrogens (tertiary/aromatic N) is 3. The lowest BCUT2D eigenvalue weighted by Gasteiger charge is -2.37. The van der Waals surface area contributed by atoms with Crippen molar-refractivity contribution in [1.29, 1.82) is 0 Å². The zero-order valence-electron chi connectivity index (χ0n) is 17.2. The minimum atomic E-state index is -3.53. The second kappa shape index (κ2) is 10.6. The van der Waals surface area contributed by atoms with Crippen molar-refractivity contribution in [2.24, 2.45) is 0 Å². The van der Waals surface area contributed by atoms with E-state index >= 15 is 0 Å². The van der Waals surface area contributed by atoms with Crippen LogP contribution in [0.2, 0.25) is 0 Å². The molecule has 0 bridgehead atoms. The first-order valence-electron chi connectivity index (χ1n) is 9.75. The van der Waals surface area contributed by atoms with Gasteiger partial charge in [-0.1, -0.05) is 44.2 Å². The summed E-state index contributed by atoms with van der Waals surface area (Å²) >= 11 is 0. The Balaban J connectivity index is 2.06. The average Bonchev–Trinajstić information content (AvgIpc) is 2.74. The Labute approximate surface area is 172 Å². The molecule has 0 aromatic heterocycles. The highest BCUT2D eigenvalue weighted by Gasteiger charge is 2.34. The number of hydrogen-bond donors (Lipinski definition) is 1. The lowest BCUT2D eigenvalue weighted by Crippen LogP contribution is -2.58. The van der Waals surface area contributed by atoms with Gasteiger partial charge in [-0.15, -0.1) is 0 Å². The van der Waals surface area contributed by atoms with Gasteiger partial charge in [0, 0.05) is 45.7 Å². The highest BCUT2D eigenvalue weighted by Crippen LogP contribution is 2.14. The van der Waals surface area contributed by atoms with E-state index in [1.54, 1.807) is 18.7 Å². The number of hydrogen-bond acceptors (Lipinski definition) is 5. The minimum Gasteiger partial charge on any atom is -0.453 e. The first kappa shape index (κ1) is 23.1. The molecule has 1 heterocycles. The van der Waals surface area contributed by atoms with E-state index in [-0.39, 0.29) is 32.1 Å². The van der Waals surface area contributed by atoms with Gasteiger partial charge < -0.3 is 15.0 Å². The molecule has 0 spiro atoms. The molecule has 1 atom stereocenters. The number of benzene rings is 1. The molecule has 162 valence electrons. The normalized spacial score (nSPS) is 16.5. The first-order chi connectivity index (χ1) is 13.8. The van der Waals surface area contributed by atoms with Gasteiger partial charge in [0.1, 0.15) is 6.04 Å². The summed E-state index contributed by atoms with van der Waals surface area (Å²) in [6.07, 6.45) is -0.353. The quantitative estimate of drug-likeness (QED) is 0.659.